The minimum Gasteiger partial charge on any atom is -0.411 e. The Balaban J connectivity index is 3.17. The average molecular weight is 127 g/mol. The summed E-state index contributed by atoms with van der Waals surface area (Å²) in [7, 11) is 0. The van der Waals surface area contributed by atoms with Crippen molar-refractivity contribution in [1.29, 1.82) is 0 Å². The summed E-state index contributed by atoms with van der Waals surface area (Å²) in [6, 6.07) is 0. The number of unbranched alkanes of at least 4 members (excludes halogenated alkanes) is 1. The molecule has 0 aromatic rings. The van der Waals surface area contributed by atoms with E-state index in [2.05, 4.69) is 11.7 Å². The molecule has 2 nitrogen and oxygen atoms in total. The highest BCUT2D eigenvalue weighted by Gasteiger charge is 1.88. The van der Waals surface area contributed by atoms with Crippen molar-refractivity contribution in [1.82, 2.24) is 0 Å². The van der Waals surface area contributed by atoms with Crippen LogP contribution in [0.25, 0.3) is 0 Å². The van der Waals surface area contributed by atoms with Gasteiger partial charge in [0.15, 0.2) is 0 Å². The number of oxime groups is 1. The van der Waals surface area contributed by atoms with Crippen LogP contribution in [0.1, 0.15) is 26.2 Å². The monoisotopic (exact) mass is 127 g/mol. The van der Waals surface area contributed by atoms with Crippen LogP contribution >= 0.6 is 0 Å². The largest absolute Gasteiger partial charge is 0.411 e. The zero-order chi connectivity index (χ0) is 7.11. The molecule has 0 aromatic carbocycles. The van der Waals surface area contributed by atoms with Gasteiger partial charge in [-0.3, -0.25) is 0 Å². The molecule has 0 saturated carbocycles. The smallest absolute Gasteiger partial charge is 0.0540 e. The minimum absolute atomic E-state index is 0.789. The fraction of sp³-hybridized carbons (Fsp3) is 0.571. The third kappa shape index (κ3) is 5.07. The van der Waals surface area contributed by atoms with Gasteiger partial charge in [0, 0.05) is 0 Å². The lowest BCUT2D eigenvalue weighted by Gasteiger charge is -1.92. The van der Waals surface area contributed by atoms with E-state index in [9.17, 15) is 0 Å². The number of hydrogen-bond acceptors (Lipinski definition) is 2. The van der Waals surface area contributed by atoms with Gasteiger partial charge in [0.1, 0.15) is 0 Å². The zero-order valence-electron chi connectivity index (χ0n) is 5.80. The third-order valence-corrected chi connectivity index (χ3v) is 1.12. The molecule has 0 fully saturated rings. The Kier molecular flexibility index (Phi) is 4.88. The standard InChI is InChI=1S/C7H13NO/c1-3-4-5-6-7(2)8-9/h3,9H,1,4-6H2,2H3/b8-7+. The van der Waals surface area contributed by atoms with Crippen LogP contribution in [0.4, 0.5) is 0 Å². The molecule has 9 heavy (non-hydrogen) atoms. The van der Waals surface area contributed by atoms with Gasteiger partial charge in [0.05, 0.1) is 5.71 Å². The summed E-state index contributed by atoms with van der Waals surface area (Å²) in [6.45, 7) is 5.39. The van der Waals surface area contributed by atoms with Crippen molar-refractivity contribution in [3.8, 4) is 0 Å². The third-order valence-electron chi connectivity index (χ3n) is 1.12. The van der Waals surface area contributed by atoms with Gasteiger partial charge in [-0.15, -0.1) is 6.58 Å². The van der Waals surface area contributed by atoms with Crippen LogP contribution in [0.5, 0.6) is 0 Å². The van der Waals surface area contributed by atoms with Crippen LogP contribution in [0.3, 0.4) is 0 Å². The van der Waals surface area contributed by atoms with Gasteiger partial charge in [-0.05, 0) is 26.2 Å². The van der Waals surface area contributed by atoms with Crippen molar-refractivity contribution in [2.75, 3.05) is 0 Å². The Hall–Kier alpha value is -0.790. The second kappa shape index (κ2) is 5.35. The first-order valence-electron chi connectivity index (χ1n) is 3.09. The molecule has 1 N–H and O–H groups in total. The Labute approximate surface area is 55.9 Å². The summed E-state index contributed by atoms with van der Waals surface area (Å²) in [6.07, 6.45) is 4.75. The molecule has 0 rings (SSSR count). The molecule has 0 radical (unpaired) electrons. The fourth-order valence-electron chi connectivity index (χ4n) is 0.552. The first-order valence-corrected chi connectivity index (χ1v) is 3.09. The van der Waals surface area contributed by atoms with Crippen LogP contribution < -0.4 is 0 Å². The molecule has 0 spiro atoms. The van der Waals surface area contributed by atoms with E-state index >= 15 is 0 Å². The Morgan fingerprint density at radius 3 is 2.89 bits per heavy atom. The van der Waals surface area contributed by atoms with E-state index in [0.717, 1.165) is 25.0 Å². The molecule has 0 atom stereocenters. The van der Waals surface area contributed by atoms with E-state index in [-0.39, 0.29) is 0 Å². The molecule has 0 aliphatic carbocycles. The lowest BCUT2D eigenvalue weighted by atomic mass is 10.2. The summed E-state index contributed by atoms with van der Waals surface area (Å²) in [5.74, 6) is 0. The van der Waals surface area contributed by atoms with Crippen molar-refractivity contribution >= 4 is 5.71 Å². The summed E-state index contributed by atoms with van der Waals surface area (Å²) >= 11 is 0. The van der Waals surface area contributed by atoms with Crippen LogP contribution in [-0.2, 0) is 0 Å². The molecular formula is C7H13NO. The average Bonchev–Trinajstić information content (AvgIpc) is 1.89. The molecule has 0 heterocycles. The molecule has 0 aromatic heterocycles. The predicted octanol–water partition coefficient (Wildman–Crippen LogP) is 2.19. The number of hydrogen-bond donors (Lipinski definition) is 1. The van der Waals surface area contributed by atoms with E-state index < -0.39 is 0 Å². The van der Waals surface area contributed by atoms with Crippen molar-refractivity contribution in [3.63, 3.8) is 0 Å². The lowest BCUT2D eigenvalue weighted by Crippen LogP contribution is -1.89. The summed E-state index contributed by atoms with van der Waals surface area (Å²) in [5.41, 5.74) is 0.789. The van der Waals surface area contributed by atoms with Gasteiger partial charge in [-0.1, -0.05) is 11.2 Å². The normalized spacial score (nSPS) is 11.4. The van der Waals surface area contributed by atoms with Crippen molar-refractivity contribution in [2.45, 2.75) is 26.2 Å². The van der Waals surface area contributed by atoms with Crippen LogP contribution in [0.15, 0.2) is 17.8 Å². The molecule has 0 aliphatic heterocycles. The van der Waals surface area contributed by atoms with Gasteiger partial charge in [0.25, 0.3) is 0 Å². The van der Waals surface area contributed by atoms with Gasteiger partial charge < -0.3 is 5.21 Å². The maximum atomic E-state index is 8.20. The van der Waals surface area contributed by atoms with Gasteiger partial charge in [-0.25, -0.2) is 0 Å². The number of nitrogens with zero attached hydrogens (tertiary/aromatic N) is 1. The highest BCUT2D eigenvalue weighted by Crippen LogP contribution is 1.96. The van der Waals surface area contributed by atoms with E-state index in [1.54, 1.807) is 0 Å². The van der Waals surface area contributed by atoms with Crippen LogP contribution in [0, 0.1) is 0 Å². The van der Waals surface area contributed by atoms with Crippen LogP contribution in [0.2, 0.25) is 0 Å². The van der Waals surface area contributed by atoms with Gasteiger partial charge >= 0.3 is 0 Å². The topological polar surface area (TPSA) is 32.6 Å². The Bertz CT molecular complexity index is 107. The molecule has 0 aliphatic rings. The summed E-state index contributed by atoms with van der Waals surface area (Å²) < 4.78 is 0. The summed E-state index contributed by atoms with van der Waals surface area (Å²) in [5, 5.41) is 11.2. The maximum Gasteiger partial charge on any atom is 0.0540 e. The first kappa shape index (κ1) is 8.21. The molecular weight excluding hydrogens is 114 g/mol. The van der Waals surface area contributed by atoms with Crippen LogP contribution in [-0.4, -0.2) is 10.9 Å². The molecule has 2 heteroatoms. The second-order valence-corrected chi connectivity index (χ2v) is 2.02. The highest BCUT2D eigenvalue weighted by atomic mass is 16.4. The quantitative estimate of drug-likeness (QED) is 0.203. The number of rotatable bonds is 4. The minimum atomic E-state index is 0.789. The second-order valence-electron chi connectivity index (χ2n) is 2.02. The van der Waals surface area contributed by atoms with Crippen molar-refractivity contribution in [2.24, 2.45) is 5.16 Å². The SMILES string of the molecule is C=CCCC/C(C)=N/O. The van der Waals surface area contributed by atoms with E-state index in [4.69, 9.17) is 5.21 Å². The molecule has 52 valence electrons. The predicted molar refractivity (Wildman–Crippen MR) is 38.9 cm³/mol. The van der Waals surface area contributed by atoms with Gasteiger partial charge in [-0.2, -0.15) is 0 Å². The number of allylic oxidation sites excluding steroid dienone is 1. The fourth-order valence-corrected chi connectivity index (χ4v) is 0.552. The molecule has 0 unspecified atom stereocenters. The van der Waals surface area contributed by atoms with E-state index in [1.807, 2.05) is 13.0 Å². The van der Waals surface area contributed by atoms with E-state index in [1.165, 1.54) is 0 Å². The molecule has 0 amide bonds. The molecule has 0 saturated heterocycles. The van der Waals surface area contributed by atoms with Crippen molar-refractivity contribution in [3.05, 3.63) is 12.7 Å². The van der Waals surface area contributed by atoms with Crippen molar-refractivity contribution < 1.29 is 5.21 Å². The van der Waals surface area contributed by atoms with Gasteiger partial charge in [0.2, 0.25) is 0 Å². The molecule has 0 bridgehead atoms. The van der Waals surface area contributed by atoms with E-state index in [0.29, 0.717) is 0 Å². The summed E-state index contributed by atoms with van der Waals surface area (Å²) in [4.78, 5) is 0. The maximum absolute atomic E-state index is 8.20. The lowest BCUT2D eigenvalue weighted by molar-refractivity contribution is 0.317. The Morgan fingerprint density at radius 1 is 1.78 bits per heavy atom. The first-order chi connectivity index (χ1) is 4.31. The Morgan fingerprint density at radius 2 is 2.44 bits per heavy atom. The highest BCUT2D eigenvalue weighted by molar-refractivity contribution is 5.81. The zero-order valence-corrected chi connectivity index (χ0v) is 5.80.